The van der Waals surface area contributed by atoms with Crippen LogP contribution in [0.3, 0.4) is 0 Å². The Labute approximate surface area is 140 Å². The van der Waals surface area contributed by atoms with E-state index in [0.29, 0.717) is 6.54 Å². The summed E-state index contributed by atoms with van der Waals surface area (Å²) in [6.45, 7) is 6.30. The predicted molar refractivity (Wildman–Crippen MR) is 89.6 cm³/mol. The highest BCUT2D eigenvalue weighted by Crippen LogP contribution is 2.20. The molecule has 1 aromatic heterocycles. The number of aromatic nitrogens is 1. The molecular weight excluding hydrogens is 346 g/mol. The number of halogens is 1. The zero-order chi connectivity index (χ0) is 16.2. The van der Waals surface area contributed by atoms with Crippen LogP contribution in [0.2, 0.25) is 0 Å². The first-order valence-electron chi connectivity index (χ1n) is 7.68. The molecule has 0 bridgehead atoms. The summed E-state index contributed by atoms with van der Waals surface area (Å²) in [7, 11) is 0. The first-order chi connectivity index (χ1) is 10.3. The topological polar surface area (TPSA) is 63.2 Å². The van der Waals surface area contributed by atoms with E-state index in [-0.39, 0.29) is 18.2 Å². The Morgan fingerprint density at radius 1 is 1.36 bits per heavy atom. The molecule has 22 heavy (non-hydrogen) atoms. The summed E-state index contributed by atoms with van der Waals surface area (Å²) in [6, 6.07) is 6.24. The largest absolute Gasteiger partial charge is 0.444 e. The van der Waals surface area contributed by atoms with Crippen molar-refractivity contribution in [2.45, 2.75) is 64.3 Å². The van der Waals surface area contributed by atoms with Crippen LogP contribution in [-0.4, -0.2) is 28.8 Å². The van der Waals surface area contributed by atoms with Gasteiger partial charge in [-0.05, 0) is 68.1 Å². The van der Waals surface area contributed by atoms with Crippen molar-refractivity contribution in [3.8, 4) is 0 Å². The number of pyridine rings is 1. The van der Waals surface area contributed by atoms with Gasteiger partial charge in [0.05, 0.1) is 5.69 Å². The van der Waals surface area contributed by atoms with Crippen molar-refractivity contribution in [1.82, 2.24) is 15.6 Å². The van der Waals surface area contributed by atoms with E-state index in [9.17, 15) is 4.79 Å². The molecule has 0 radical (unpaired) electrons. The van der Waals surface area contributed by atoms with Gasteiger partial charge in [-0.1, -0.05) is 6.07 Å². The van der Waals surface area contributed by atoms with Gasteiger partial charge in [0.15, 0.2) is 0 Å². The lowest BCUT2D eigenvalue weighted by Crippen LogP contribution is -2.47. The predicted octanol–water partition coefficient (Wildman–Crippen LogP) is 3.38. The monoisotopic (exact) mass is 369 g/mol. The molecule has 0 saturated heterocycles. The molecule has 1 heterocycles. The first-order valence-corrected chi connectivity index (χ1v) is 8.47. The summed E-state index contributed by atoms with van der Waals surface area (Å²) >= 11 is 3.38. The van der Waals surface area contributed by atoms with Crippen LogP contribution < -0.4 is 10.6 Å². The van der Waals surface area contributed by atoms with Gasteiger partial charge in [-0.3, -0.25) is 0 Å². The van der Waals surface area contributed by atoms with Crippen molar-refractivity contribution in [1.29, 1.82) is 0 Å². The summed E-state index contributed by atoms with van der Waals surface area (Å²) in [5.41, 5.74) is 0.517. The van der Waals surface area contributed by atoms with Crippen LogP contribution in [0.15, 0.2) is 22.8 Å². The van der Waals surface area contributed by atoms with Gasteiger partial charge in [-0.2, -0.15) is 0 Å². The molecule has 0 spiro atoms. The van der Waals surface area contributed by atoms with Gasteiger partial charge in [0.1, 0.15) is 10.2 Å². The third-order valence-corrected chi connectivity index (χ3v) is 3.98. The van der Waals surface area contributed by atoms with Crippen molar-refractivity contribution in [2.75, 3.05) is 0 Å². The smallest absolute Gasteiger partial charge is 0.407 e. The molecule has 0 aliphatic heterocycles. The third-order valence-electron chi connectivity index (χ3n) is 3.54. The molecule has 1 saturated carbocycles. The molecule has 2 atom stereocenters. The number of rotatable bonds is 4. The minimum atomic E-state index is -0.466. The highest BCUT2D eigenvalue weighted by molar-refractivity contribution is 9.10. The molecule has 1 aliphatic carbocycles. The van der Waals surface area contributed by atoms with E-state index in [1.165, 1.54) is 0 Å². The average molecular weight is 370 g/mol. The minimum absolute atomic E-state index is 0.113. The van der Waals surface area contributed by atoms with E-state index in [2.05, 4.69) is 31.5 Å². The Hall–Kier alpha value is -1.14. The lowest BCUT2D eigenvalue weighted by Gasteiger charge is -2.25. The van der Waals surface area contributed by atoms with Gasteiger partial charge < -0.3 is 15.4 Å². The lowest BCUT2D eigenvalue weighted by molar-refractivity contribution is 0.0498. The Morgan fingerprint density at radius 3 is 2.77 bits per heavy atom. The van der Waals surface area contributed by atoms with Gasteiger partial charge in [0.2, 0.25) is 0 Å². The molecule has 2 rings (SSSR count). The molecule has 0 aromatic carbocycles. The number of alkyl carbamates (subject to hydrolysis) is 1. The second-order valence-corrected chi connectivity index (χ2v) is 7.44. The standard InChI is InChI=1S/C16H24BrN3O2/c1-16(2,3)22-15(21)20-13-8-5-7-12(13)18-10-11-6-4-9-14(17)19-11/h4,6,9,12-13,18H,5,7-8,10H2,1-3H3,(H,20,21). The lowest BCUT2D eigenvalue weighted by atomic mass is 10.1. The van der Waals surface area contributed by atoms with E-state index in [4.69, 9.17) is 4.74 Å². The average Bonchev–Trinajstić information content (AvgIpc) is 2.81. The molecule has 1 fully saturated rings. The SMILES string of the molecule is CC(C)(C)OC(=O)NC1CCCC1NCc1cccc(Br)n1. The molecule has 2 unspecified atom stereocenters. The maximum absolute atomic E-state index is 11.9. The van der Waals surface area contributed by atoms with Crippen LogP contribution in [-0.2, 0) is 11.3 Å². The fourth-order valence-corrected chi connectivity index (χ4v) is 3.00. The highest BCUT2D eigenvalue weighted by Gasteiger charge is 2.29. The third kappa shape index (κ3) is 5.57. The van der Waals surface area contributed by atoms with Crippen molar-refractivity contribution < 1.29 is 9.53 Å². The van der Waals surface area contributed by atoms with E-state index in [0.717, 1.165) is 29.6 Å². The number of ether oxygens (including phenoxy) is 1. The summed E-state index contributed by atoms with van der Waals surface area (Å²) < 4.78 is 6.16. The second-order valence-electron chi connectivity index (χ2n) is 6.62. The zero-order valence-corrected chi connectivity index (χ0v) is 14.9. The maximum atomic E-state index is 11.9. The molecule has 1 aliphatic rings. The van der Waals surface area contributed by atoms with Crippen LogP contribution in [0.1, 0.15) is 45.7 Å². The van der Waals surface area contributed by atoms with Crippen molar-refractivity contribution in [3.63, 3.8) is 0 Å². The fraction of sp³-hybridized carbons (Fsp3) is 0.625. The number of nitrogens with one attached hydrogen (secondary N) is 2. The van der Waals surface area contributed by atoms with Crippen molar-refractivity contribution in [3.05, 3.63) is 28.5 Å². The number of amides is 1. The van der Waals surface area contributed by atoms with Crippen LogP contribution in [0.4, 0.5) is 4.79 Å². The molecule has 2 N–H and O–H groups in total. The van der Waals surface area contributed by atoms with Crippen LogP contribution in [0, 0.1) is 0 Å². The van der Waals surface area contributed by atoms with E-state index < -0.39 is 5.60 Å². The Bertz CT molecular complexity index is 516. The van der Waals surface area contributed by atoms with Crippen LogP contribution in [0.5, 0.6) is 0 Å². The summed E-state index contributed by atoms with van der Waals surface area (Å²) in [5, 5.41) is 6.47. The Kier molecular flexibility index (Phi) is 5.81. The highest BCUT2D eigenvalue weighted by atomic mass is 79.9. The summed E-state index contributed by atoms with van der Waals surface area (Å²) in [5.74, 6) is 0. The van der Waals surface area contributed by atoms with E-state index in [1.807, 2.05) is 39.0 Å². The number of carbonyl (C=O) groups excluding carboxylic acids is 1. The molecule has 1 aromatic rings. The minimum Gasteiger partial charge on any atom is -0.444 e. The van der Waals surface area contributed by atoms with Gasteiger partial charge in [-0.25, -0.2) is 9.78 Å². The number of carbonyl (C=O) groups is 1. The fourth-order valence-electron chi connectivity index (χ4n) is 2.62. The number of hydrogen-bond donors (Lipinski definition) is 2. The first kappa shape index (κ1) is 17.2. The molecule has 6 heteroatoms. The van der Waals surface area contributed by atoms with Gasteiger partial charge in [-0.15, -0.1) is 0 Å². The number of hydrogen-bond acceptors (Lipinski definition) is 4. The van der Waals surface area contributed by atoms with Gasteiger partial charge in [0, 0.05) is 18.6 Å². The van der Waals surface area contributed by atoms with Crippen molar-refractivity contribution >= 4 is 22.0 Å². The molecule has 5 nitrogen and oxygen atoms in total. The maximum Gasteiger partial charge on any atom is 0.407 e. The van der Waals surface area contributed by atoms with E-state index in [1.54, 1.807) is 0 Å². The Balaban J connectivity index is 1.84. The summed E-state index contributed by atoms with van der Waals surface area (Å²) in [4.78, 5) is 16.3. The number of nitrogens with zero attached hydrogens (tertiary/aromatic N) is 1. The van der Waals surface area contributed by atoms with E-state index >= 15 is 0 Å². The second kappa shape index (κ2) is 7.42. The van der Waals surface area contributed by atoms with Crippen LogP contribution in [0.25, 0.3) is 0 Å². The molecule has 1 amide bonds. The van der Waals surface area contributed by atoms with Crippen molar-refractivity contribution in [2.24, 2.45) is 0 Å². The van der Waals surface area contributed by atoms with Gasteiger partial charge in [0.25, 0.3) is 0 Å². The quantitative estimate of drug-likeness (QED) is 0.798. The van der Waals surface area contributed by atoms with Crippen LogP contribution >= 0.6 is 15.9 Å². The Morgan fingerprint density at radius 2 is 2.09 bits per heavy atom. The summed E-state index contributed by atoms with van der Waals surface area (Å²) in [6.07, 6.45) is 2.79. The molecule has 122 valence electrons. The van der Waals surface area contributed by atoms with Gasteiger partial charge >= 0.3 is 6.09 Å². The zero-order valence-electron chi connectivity index (χ0n) is 13.4. The normalized spacial score (nSPS) is 21.6. The molecular formula is C16H24BrN3O2.